The molecule has 2 rings (SSSR count). The van der Waals surface area contributed by atoms with E-state index in [1.165, 1.54) is 24.8 Å². The van der Waals surface area contributed by atoms with Gasteiger partial charge in [0.15, 0.2) is 0 Å². The van der Waals surface area contributed by atoms with Crippen LogP contribution in [0.2, 0.25) is 0 Å². The second-order valence-electron chi connectivity index (χ2n) is 5.12. The zero-order valence-electron chi connectivity index (χ0n) is 12.3. The summed E-state index contributed by atoms with van der Waals surface area (Å²) in [7, 11) is 0. The van der Waals surface area contributed by atoms with Crippen molar-refractivity contribution in [3.8, 4) is 0 Å². The molecular weight excluding hydrogens is 439 g/mol. The molecule has 21 heavy (non-hydrogen) atoms. The fourth-order valence-corrected chi connectivity index (χ4v) is 3.31. The molecule has 1 aromatic carbocycles. The highest BCUT2D eigenvalue weighted by Crippen LogP contribution is 2.31. The average molecular weight is 463 g/mol. The van der Waals surface area contributed by atoms with Crippen molar-refractivity contribution in [1.82, 2.24) is 10.2 Å². The summed E-state index contributed by atoms with van der Waals surface area (Å²) in [5.41, 5.74) is 1.44. The van der Waals surface area contributed by atoms with Crippen LogP contribution in [0.4, 0.5) is 0 Å². The summed E-state index contributed by atoms with van der Waals surface area (Å²) >= 11 is 7.19. The molecule has 1 aliphatic heterocycles. The number of hydrogen-bond acceptors (Lipinski definition) is 2. The maximum Gasteiger partial charge on any atom is 0.0349 e. The van der Waals surface area contributed by atoms with E-state index in [2.05, 4.69) is 67.2 Å². The minimum absolute atomic E-state index is 0. The van der Waals surface area contributed by atoms with E-state index >= 15 is 0 Å². The fraction of sp³-hybridized carbons (Fsp3) is 0.600. The molecule has 2 nitrogen and oxygen atoms in total. The van der Waals surface area contributed by atoms with Crippen molar-refractivity contribution < 1.29 is 0 Å². The second kappa shape index (κ2) is 11.3. The topological polar surface area (TPSA) is 15.3 Å². The molecule has 0 aromatic heterocycles. The van der Waals surface area contributed by atoms with Crippen LogP contribution in [0.25, 0.3) is 0 Å². The van der Waals surface area contributed by atoms with Gasteiger partial charge in [0, 0.05) is 41.2 Å². The van der Waals surface area contributed by atoms with Gasteiger partial charge in [0.1, 0.15) is 0 Å². The van der Waals surface area contributed by atoms with Crippen molar-refractivity contribution in [1.29, 1.82) is 0 Å². The van der Waals surface area contributed by atoms with Gasteiger partial charge in [-0.3, -0.25) is 4.90 Å². The normalized spacial score (nSPS) is 16.7. The van der Waals surface area contributed by atoms with Gasteiger partial charge in [-0.1, -0.05) is 25.8 Å². The second-order valence-corrected chi connectivity index (χ2v) is 6.83. The third-order valence-electron chi connectivity index (χ3n) is 3.75. The van der Waals surface area contributed by atoms with Crippen molar-refractivity contribution >= 4 is 56.7 Å². The summed E-state index contributed by atoms with van der Waals surface area (Å²) in [6.07, 6.45) is 3.81. The fourth-order valence-electron chi connectivity index (χ4n) is 2.67. The highest BCUT2D eigenvalue weighted by molar-refractivity contribution is 9.13. The van der Waals surface area contributed by atoms with Crippen molar-refractivity contribution in [2.75, 3.05) is 26.2 Å². The quantitative estimate of drug-likeness (QED) is 0.647. The number of piperazine rings is 1. The summed E-state index contributed by atoms with van der Waals surface area (Å²) in [6, 6.07) is 7.25. The van der Waals surface area contributed by atoms with Crippen LogP contribution in [-0.2, 0) is 0 Å². The van der Waals surface area contributed by atoms with Crippen LogP contribution in [0.15, 0.2) is 27.1 Å². The van der Waals surface area contributed by atoms with Gasteiger partial charge in [-0.25, -0.2) is 0 Å². The number of nitrogens with zero attached hydrogens (tertiary/aromatic N) is 1. The first-order valence-electron chi connectivity index (χ1n) is 7.12. The Morgan fingerprint density at radius 3 is 2.38 bits per heavy atom. The highest BCUT2D eigenvalue weighted by Gasteiger charge is 2.22. The van der Waals surface area contributed by atoms with Gasteiger partial charge >= 0.3 is 0 Å². The van der Waals surface area contributed by atoms with Crippen LogP contribution < -0.4 is 5.32 Å². The SMILES string of the molecule is CCCC[C@H](c1ccc(Br)c(Br)c1)N1CCNCC1.Cl.Cl. The lowest BCUT2D eigenvalue weighted by Crippen LogP contribution is -2.45. The summed E-state index contributed by atoms with van der Waals surface area (Å²) in [5, 5.41) is 3.44. The maximum absolute atomic E-state index is 3.63. The van der Waals surface area contributed by atoms with E-state index in [1.807, 2.05) is 0 Å². The molecular formula is C15H24Br2Cl2N2. The molecule has 1 saturated heterocycles. The van der Waals surface area contributed by atoms with Crippen molar-refractivity contribution in [3.05, 3.63) is 32.7 Å². The van der Waals surface area contributed by atoms with Gasteiger partial charge in [0.25, 0.3) is 0 Å². The molecule has 1 fully saturated rings. The molecule has 0 bridgehead atoms. The number of rotatable bonds is 5. The molecule has 0 spiro atoms. The molecule has 1 atom stereocenters. The third kappa shape index (κ3) is 6.36. The molecule has 0 unspecified atom stereocenters. The Bertz CT molecular complexity index is 413. The minimum Gasteiger partial charge on any atom is -0.314 e. The molecule has 1 N–H and O–H groups in total. The Morgan fingerprint density at radius 2 is 1.81 bits per heavy atom. The van der Waals surface area contributed by atoms with Crippen LogP contribution in [-0.4, -0.2) is 31.1 Å². The predicted octanol–water partition coefficient (Wildman–Crippen LogP) is 5.19. The lowest BCUT2D eigenvalue weighted by atomic mass is 9.99. The number of benzene rings is 1. The molecule has 122 valence electrons. The van der Waals surface area contributed by atoms with Crippen molar-refractivity contribution in [2.24, 2.45) is 0 Å². The summed E-state index contributed by atoms with van der Waals surface area (Å²) in [6.45, 7) is 6.80. The van der Waals surface area contributed by atoms with Crippen molar-refractivity contribution in [3.63, 3.8) is 0 Å². The predicted molar refractivity (Wildman–Crippen MR) is 103 cm³/mol. The van der Waals surface area contributed by atoms with Gasteiger partial charge in [-0.2, -0.15) is 0 Å². The molecule has 6 heteroatoms. The zero-order valence-corrected chi connectivity index (χ0v) is 17.1. The highest BCUT2D eigenvalue weighted by atomic mass is 79.9. The van der Waals surface area contributed by atoms with E-state index in [4.69, 9.17) is 0 Å². The van der Waals surface area contributed by atoms with Gasteiger partial charge in [-0.05, 0) is 56.0 Å². The lowest BCUT2D eigenvalue weighted by molar-refractivity contribution is 0.163. The maximum atomic E-state index is 3.63. The van der Waals surface area contributed by atoms with E-state index in [1.54, 1.807) is 0 Å². The number of nitrogens with one attached hydrogen (secondary N) is 1. The van der Waals surface area contributed by atoms with E-state index in [9.17, 15) is 0 Å². The van der Waals surface area contributed by atoms with Gasteiger partial charge in [0.05, 0.1) is 0 Å². The minimum atomic E-state index is 0. The zero-order chi connectivity index (χ0) is 13.7. The number of hydrogen-bond donors (Lipinski definition) is 1. The number of halogens is 4. The molecule has 1 heterocycles. The monoisotopic (exact) mass is 460 g/mol. The van der Waals surface area contributed by atoms with E-state index < -0.39 is 0 Å². The Morgan fingerprint density at radius 1 is 1.14 bits per heavy atom. The Balaban J connectivity index is 0.00000200. The summed E-state index contributed by atoms with van der Waals surface area (Å²) in [4.78, 5) is 2.63. The van der Waals surface area contributed by atoms with E-state index in [0.717, 1.165) is 35.1 Å². The summed E-state index contributed by atoms with van der Waals surface area (Å²) < 4.78 is 2.28. The Kier molecular flexibility index (Phi) is 11.6. The Hall–Kier alpha value is 0.680. The first-order valence-corrected chi connectivity index (χ1v) is 8.70. The van der Waals surface area contributed by atoms with Crippen LogP contribution in [0.3, 0.4) is 0 Å². The van der Waals surface area contributed by atoms with E-state index in [-0.39, 0.29) is 24.8 Å². The van der Waals surface area contributed by atoms with E-state index in [0.29, 0.717) is 6.04 Å². The summed E-state index contributed by atoms with van der Waals surface area (Å²) in [5.74, 6) is 0. The van der Waals surface area contributed by atoms with Crippen LogP contribution in [0, 0.1) is 0 Å². The molecule has 1 aromatic rings. The van der Waals surface area contributed by atoms with Gasteiger partial charge in [-0.15, -0.1) is 24.8 Å². The molecule has 0 aliphatic carbocycles. The first kappa shape index (κ1) is 21.7. The van der Waals surface area contributed by atoms with Gasteiger partial charge < -0.3 is 5.32 Å². The van der Waals surface area contributed by atoms with Crippen molar-refractivity contribution in [2.45, 2.75) is 32.2 Å². The third-order valence-corrected chi connectivity index (χ3v) is 5.63. The molecule has 0 amide bonds. The molecule has 1 aliphatic rings. The average Bonchev–Trinajstić information content (AvgIpc) is 2.44. The largest absolute Gasteiger partial charge is 0.314 e. The molecule has 0 radical (unpaired) electrons. The van der Waals surface area contributed by atoms with Gasteiger partial charge in [0.2, 0.25) is 0 Å². The molecule has 0 saturated carbocycles. The smallest absolute Gasteiger partial charge is 0.0349 e. The first-order chi connectivity index (χ1) is 9.22. The van der Waals surface area contributed by atoms with Crippen LogP contribution in [0.5, 0.6) is 0 Å². The van der Waals surface area contributed by atoms with Crippen LogP contribution >= 0.6 is 56.7 Å². The standard InChI is InChI=1S/C15H22Br2N2.2ClH/c1-2-3-4-15(19-9-7-18-8-10-19)12-5-6-13(16)14(17)11-12;;/h5-6,11,15,18H,2-4,7-10H2,1H3;2*1H/t15-;;/m1../s1. The lowest BCUT2D eigenvalue weighted by Gasteiger charge is -2.35. The van der Waals surface area contributed by atoms with Crippen LogP contribution in [0.1, 0.15) is 37.8 Å². The Labute approximate surface area is 157 Å². The number of unbranched alkanes of at least 4 members (excludes halogenated alkanes) is 1.